The lowest BCUT2D eigenvalue weighted by Crippen LogP contribution is -2.43. The van der Waals surface area contributed by atoms with E-state index in [2.05, 4.69) is 4.90 Å². The Balaban J connectivity index is 1.52. The fourth-order valence-electron chi connectivity index (χ4n) is 3.81. The number of nitrogens with zero attached hydrogens (tertiary/aromatic N) is 2. The van der Waals surface area contributed by atoms with Crippen LogP contribution in [0.4, 0.5) is 10.1 Å². The van der Waals surface area contributed by atoms with Crippen molar-refractivity contribution in [2.75, 3.05) is 19.6 Å². The van der Waals surface area contributed by atoms with Gasteiger partial charge in [0.25, 0.3) is 5.69 Å². The van der Waals surface area contributed by atoms with Gasteiger partial charge in [-0.2, -0.15) is 0 Å². The van der Waals surface area contributed by atoms with Crippen LogP contribution < -0.4 is 0 Å². The van der Waals surface area contributed by atoms with Crippen molar-refractivity contribution >= 4 is 23.1 Å². The molecular formula is C22H24ClFN2O4. The lowest BCUT2D eigenvalue weighted by molar-refractivity contribution is -0.385. The number of rotatable bonds is 7. The molecule has 0 unspecified atom stereocenters. The Morgan fingerprint density at radius 3 is 2.60 bits per heavy atom. The van der Waals surface area contributed by atoms with Crippen LogP contribution in [0.5, 0.6) is 0 Å². The number of hydrogen-bond donors (Lipinski definition) is 1. The van der Waals surface area contributed by atoms with Crippen LogP contribution in [0.15, 0.2) is 36.4 Å². The second-order valence-electron chi connectivity index (χ2n) is 7.78. The van der Waals surface area contributed by atoms with E-state index in [1.165, 1.54) is 6.07 Å². The smallest absolute Gasteiger partial charge is 0.283 e. The van der Waals surface area contributed by atoms with E-state index in [4.69, 9.17) is 11.6 Å². The molecule has 1 saturated heterocycles. The molecule has 0 aliphatic carbocycles. The van der Waals surface area contributed by atoms with Crippen LogP contribution in [0.2, 0.25) is 5.02 Å². The highest BCUT2D eigenvalue weighted by Crippen LogP contribution is 2.34. The molecule has 0 radical (unpaired) electrons. The van der Waals surface area contributed by atoms with Gasteiger partial charge in [-0.1, -0.05) is 23.7 Å². The molecule has 1 N–H and O–H groups in total. The third-order valence-corrected chi connectivity index (χ3v) is 6.13. The summed E-state index contributed by atoms with van der Waals surface area (Å²) in [6, 6.07) is 8.64. The number of carbonyl (C=O) groups excluding carboxylic acids is 1. The fraction of sp³-hybridized carbons (Fsp3) is 0.409. The van der Waals surface area contributed by atoms with E-state index < -0.39 is 22.0 Å². The van der Waals surface area contributed by atoms with E-state index in [1.54, 1.807) is 0 Å². The molecule has 2 aromatic rings. The number of piperidine rings is 1. The molecule has 0 aromatic heterocycles. The SMILES string of the molecule is Cc1ccc(C2(O)CCN(CCCC(=O)c3ccc(F)cc3[N+](=O)[O-])CC2)cc1Cl. The van der Waals surface area contributed by atoms with Crippen molar-refractivity contribution in [2.24, 2.45) is 0 Å². The average Bonchev–Trinajstić information content (AvgIpc) is 2.71. The number of nitro benzene ring substituents is 1. The second-order valence-corrected chi connectivity index (χ2v) is 8.19. The van der Waals surface area contributed by atoms with Gasteiger partial charge in [0.1, 0.15) is 5.82 Å². The van der Waals surface area contributed by atoms with Crippen LogP contribution in [-0.2, 0) is 5.60 Å². The Hall–Kier alpha value is -2.35. The molecular weight excluding hydrogens is 411 g/mol. The zero-order valence-electron chi connectivity index (χ0n) is 16.7. The van der Waals surface area contributed by atoms with Crippen molar-refractivity contribution in [3.05, 3.63) is 74.0 Å². The number of halogens is 2. The highest BCUT2D eigenvalue weighted by molar-refractivity contribution is 6.31. The first-order valence-corrected chi connectivity index (χ1v) is 10.3. The summed E-state index contributed by atoms with van der Waals surface area (Å²) in [4.78, 5) is 24.9. The predicted molar refractivity (Wildman–Crippen MR) is 112 cm³/mol. The normalized spacial score (nSPS) is 16.4. The maximum Gasteiger partial charge on any atom is 0.283 e. The maximum absolute atomic E-state index is 13.2. The topological polar surface area (TPSA) is 83.7 Å². The van der Waals surface area contributed by atoms with Gasteiger partial charge in [0, 0.05) is 24.5 Å². The molecule has 6 nitrogen and oxygen atoms in total. The molecule has 0 amide bonds. The van der Waals surface area contributed by atoms with E-state index in [1.807, 2.05) is 25.1 Å². The third-order valence-electron chi connectivity index (χ3n) is 5.73. The molecule has 1 heterocycles. The van der Waals surface area contributed by atoms with Gasteiger partial charge < -0.3 is 10.0 Å². The zero-order valence-corrected chi connectivity index (χ0v) is 17.5. The first-order valence-electron chi connectivity index (χ1n) is 9.88. The van der Waals surface area contributed by atoms with E-state index in [-0.39, 0.29) is 17.8 Å². The van der Waals surface area contributed by atoms with Crippen molar-refractivity contribution in [3.8, 4) is 0 Å². The lowest BCUT2D eigenvalue weighted by atomic mass is 9.84. The molecule has 1 aliphatic rings. The predicted octanol–water partition coefficient (Wildman–Crippen LogP) is 4.64. The van der Waals surface area contributed by atoms with Crippen molar-refractivity contribution in [2.45, 2.75) is 38.2 Å². The fourth-order valence-corrected chi connectivity index (χ4v) is 3.99. The summed E-state index contributed by atoms with van der Waals surface area (Å²) in [5.41, 5.74) is 0.299. The van der Waals surface area contributed by atoms with Crippen molar-refractivity contribution in [1.82, 2.24) is 4.90 Å². The minimum absolute atomic E-state index is 0.0642. The minimum Gasteiger partial charge on any atom is -0.385 e. The molecule has 0 spiro atoms. The first kappa shape index (κ1) is 22.3. The number of aliphatic hydroxyl groups is 1. The van der Waals surface area contributed by atoms with Crippen molar-refractivity contribution < 1.29 is 19.2 Å². The summed E-state index contributed by atoms with van der Waals surface area (Å²) in [5, 5.41) is 22.7. The number of carbonyl (C=O) groups is 1. The van der Waals surface area contributed by atoms with E-state index in [0.717, 1.165) is 23.3 Å². The van der Waals surface area contributed by atoms with Crippen molar-refractivity contribution in [3.63, 3.8) is 0 Å². The van der Waals surface area contributed by atoms with Gasteiger partial charge in [-0.3, -0.25) is 14.9 Å². The first-order chi connectivity index (χ1) is 14.2. The van der Waals surface area contributed by atoms with Gasteiger partial charge in [0.05, 0.1) is 22.2 Å². The Morgan fingerprint density at radius 1 is 1.27 bits per heavy atom. The van der Waals surface area contributed by atoms with Crippen LogP contribution in [-0.4, -0.2) is 40.3 Å². The van der Waals surface area contributed by atoms with Gasteiger partial charge >= 0.3 is 0 Å². The Labute approximate surface area is 179 Å². The largest absolute Gasteiger partial charge is 0.385 e. The van der Waals surface area contributed by atoms with Gasteiger partial charge in [-0.05, 0) is 62.1 Å². The van der Waals surface area contributed by atoms with Gasteiger partial charge in [-0.15, -0.1) is 0 Å². The minimum atomic E-state index is -0.918. The molecule has 30 heavy (non-hydrogen) atoms. The molecule has 0 atom stereocenters. The number of aryl methyl sites for hydroxylation is 1. The van der Waals surface area contributed by atoms with E-state index in [9.17, 15) is 24.4 Å². The van der Waals surface area contributed by atoms with Gasteiger partial charge in [0.2, 0.25) is 0 Å². The number of Topliss-reactive ketones (excluding diaryl/α,β-unsaturated/α-hetero) is 1. The van der Waals surface area contributed by atoms with Crippen LogP contribution in [0, 0.1) is 22.9 Å². The molecule has 2 aromatic carbocycles. The standard InChI is InChI=1S/C22H24ClFN2O4/c1-15-4-5-16(13-19(15)23)22(28)8-11-25(12-9-22)10-2-3-21(27)18-7-6-17(24)14-20(18)26(29)30/h4-7,13-14,28H,2-3,8-12H2,1H3. The summed E-state index contributed by atoms with van der Waals surface area (Å²) in [6.45, 7) is 3.91. The molecule has 1 fully saturated rings. The molecule has 8 heteroatoms. The molecule has 0 saturated carbocycles. The highest BCUT2D eigenvalue weighted by atomic mass is 35.5. The molecule has 0 bridgehead atoms. The van der Waals surface area contributed by atoms with Crippen LogP contribution in [0.25, 0.3) is 0 Å². The van der Waals surface area contributed by atoms with E-state index in [0.29, 0.717) is 43.9 Å². The van der Waals surface area contributed by atoms with Crippen LogP contribution in [0.3, 0.4) is 0 Å². The number of nitro groups is 1. The Bertz CT molecular complexity index is 958. The van der Waals surface area contributed by atoms with Crippen LogP contribution in [0.1, 0.15) is 47.2 Å². The molecule has 160 valence electrons. The third kappa shape index (κ3) is 5.03. The average molecular weight is 435 g/mol. The molecule has 3 rings (SSSR count). The highest BCUT2D eigenvalue weighted by Gasteiger charge is 2.34. The lowest BCUT2D eigenvalue weighted by Gasteiger charge is -2.38. The van der Waals surface area contributed by atoms with E-state index >= 15 is 0 Å². The second kappa shape index (κ2) is 9.20. The summed E-state index contributed by atoms with van der Waals surface area (Å²) in [7, 11) is 0. The Kier molecular flexibility index (Phi) is 6.85. The number of ketones is 1. The maximum atomic E-state index is 13.2. The number of hydrogen-bond acceptors (Lipinski definition) is 5. The quantitative estimate of drug-likeness (QED) is 0.390. The van der Waals surface area contributed by atoms with Gasteiger partial charge in [-0.25, -0.2) is 4.39 Å². The number of likely N-dealkylation sites (tertiary alicyclic amines) is 1. The van der Waals surface area contributed by atoms with Crippen LogP contribution >= 0.6 is 11.6 Å². The summed E-state index contributed by atoms with van der Waals surface area (Å²) in [5.74, 6) is -1.11. The summed E-state index contributed by atoms with van der Waals surface area (Å²) in [6.07, 6.45) is 1.79. The van der Waals surface area contributed by atoms with Crippen molar-refractivity contribution in [1.29, 1.82) is 0 Å². The molecule has 1 aliphatic heterocycles. The van der Waals surface area contributed by atoms with Gasteiger partial charge in [0.15, 0.2) is 5.78 Å². The monoisotopic (exact) mass is 434 g/mol. The Morgan fingerprint density at radius 2 is 1.97 bits per heavy atom. The summed E-state index contributed by atoms with van der Waals surface area (Å²) < 4.78 is 13.2. The number of benzene rings is 2. The summed E-state index contributed by atoms with van der Waals surface area (Å²) >= 11 is 6.20. The zero-order chi connectivity index (χ0) is 21.9.